The third-order valence-corrected chi connectivity index (χ3v) is 2.82. The summed E-state index contributed by atoms with van der Waals surface area (Å²) in [5.74, 6) is -0.100. The summed E-state index contributed by atoms with van der Waals surface area (Å²) in [6, 6.07) is 6.64. The van der Waals surface area contributed by atoms with Crippen molar-refractivity contribution in [1.29, 1.82) is 0 Å². The van der Waals surface area contributed by atoms with Crippen molar-refractivity contribution < 1.29 is 4.79 Å². The van der Waals surface area contributed by atoms with Gasteiger partial charge in [0, 0.05) is 22.7 Å². The van der Waals surface area contributed by atoms with Crippen LogP contribution in [0.2, 0.25) is 10.0 Å². The highest BCUT2D eigenvalue weighted by Crippen LogP contribution is 2.22. The Morgan fingerprint density at radius 3 is 2.71 bits per heavy atom. The number of aromatic nitrogens is 2. The summed E-state index contributed by atoms with van der Waals surface area (Å²) in [6.07, 6.45) is 3.08. The summed E-state index contributed by atoms with van der Waals surface area (Å²) >= 11 is 11.8. The molecule has 5 heteroatoms. The molecule has 0 amide bonds. The number of nitrogens with zero attached hydrogens (tertiary/aromatic N) is 2. The van der Waals surface area contributed by atoms with E-state index in [4.69, 9.17) is 23.2 Å². The quantitative estimate of drug-likeness (QED) is 0.802. The predicted octanol–water partition coefficient (Wildman–Crippen LogP) is 3.21. The van der Waals surface area contributed by atoms with Crippen molar-refractivity contribution in [2.45, 2.75) is 6.42 Å². The predicted molar refractivity (Wildman–Crippen MR) is 66.5 cm³/mol. The standard InChI is InChI=1S/C12H8Cl2N2O/c13-9-2-1-8(10(14)6-9)5-12(17)11-3-4-15-7-16-11/h1-4,6-7H,5H2. The Labute approximate surface area is 108 Å². The molecule has 0 radical (unpaired) electrons. The van der Waals surface area contributed by atoms with Gasteiger partial charge >= 0.3 is 0 Å². The number of carbonyl (C=O) groups is 1. The van der Waals surface area contributed by atoms with Gasteiger partial charge in [-0.25, -0.2) is 9.97 Å². The number of rotatable bonds is 3. The average molecular weight is 267 g/mol. The minimum atomic E-state index is -0.100. The molecule has 86 valence electrons. The highest BCUT2D eigenvalue weighted by atomic mass is 35.5. The summed E-state index contributed by atoms with van der Waals surface area (Å²) in [5.41, 5.74) is 1.12. The molecule has 1 heterocycles. The van der Waals surface area contributed by atoms with E-state index in [1.54, 1.807) is 24.3 Å². The molecule has 3 nitrogen and oxygen atoms in total. The van der Waals surface area contributed by atoms with Gasteiger partial charge in [0.05, 0.1) is 0 Å². The van der Waals surface area contributed by atoms with Crippen molar-refractivity contribution in [3.05, 3.63) is 58.1 Å². The van der Waals surface area contributed by atoms with Crippen LogP contribution in [0.1, 0.15) is 16.1 Å². The second-order valence-electron chi connectivity index (χ2n) is 3.43. The lowest BCUT2D eigenvalue weighted by Gasteiger charge is -2.03. The van der Waals surface area contributed by atoms with Crippen LogP contribution in [0.5, 0.6) is 0 Å². The van der Waals surface area contributed by atoms with Gasteiger partial charge in [-0.2, -0.15) is 0 Å². The van der Waals surface area contributed by atoms with E-state index in [-0.39, 0.29) is 12.2 Å². The van der Waals surface area contributed by atoms with E-state index >= 15 is 0 Å². The Balaban J connectivity index is 2.19. The summed E-state index contributed by atoms with van der Waals surface area (Å²) in [6.45, 7) is 0. The first-order valence-electron chi connectivity index (χ1n) is 4.90. The fraction of sp³-hybridized carbons (Fsp3) is 0.0833. The summed E-state index contributed by atoms with van der Waals surface area (Å²) in [7, 11) is 0. The number of benzene rings is 1. The normalized spacial score (nSPS) is 10.2. The highest BCUT2D eigenvalue weighted by molar-refractivity contribution is 6.35. The molecule has 0 saturated heterocycles. The first-order chi connectivity index (χ1) is 8.16. The van der Waals surface area contributed by atoms with E-state index < -0.39 is 0 Å². The van der Waals surface area contributed by atoms with Crippen molar-refractivity contribution in [3.8, 4) is 0 Å². The lowest BCUT2D eigenvalue weighted by Crippen LogP contribution is -2.06. The van der Waals surface area contributed by atoms with Gasteiger partial charge in [0.1, 0.15) is 12.0 Å². The molecule has 17 heavy (non-hydrogen) atoms. The topological polar surface area (TPSA) is 42.9 Å². The second kappa shape index (κ2) is 5.25. The molecule has 0 unspecified atom stereocenters. The van der Waals surface area contributed by atoms with Gasteiger partial charge in [-0.05, 0) is 23.8 Å². The lowest BCUT2D eigenvalue weighted by molar-refractivity contribution is 0.0988. The molecular weight excluding hydrogens is 259 g/mol. The summed E-state index contributed by atoms with van der Waals surface area (Å²) < 4.78 is 0. The third kappa shape index (κ3) is 3.02. The van der Waals surface area contributed by atoms with Crippen LogP contribution in [0.15, 0.2) is 36.8 Å². The first kappa shape index (κ1) is 12.0. The van der Waals surface area contributed by atoms with Crippen LogP contribution in [0, 0.1) is 0 Å². The highest BCUT2D eigenvalue weighted by Gasteiger charge is 2.10. The van der Waals surface area contributed by atoms with Gasteiger partial charge in [-0.3, -0.25) is 4.79 Å². The Hall–Kier alpha value is -1.45. The van der Waals surface area contributed by atoms with E-state index in [1.807, 2.05) is 0 Å². The number of ketones is 1. The minimum absolute atomic E-state index is 0.100. The molecule has 0 bridgehead atoms. The first-order valence-corrected chi connectivity index (χ1v) is 5.65. The van der Waals surface area contributed by atoms with Crippen LogP contribution >= 0.6 is 23.2 Å². The molecule has 1 aromatic heterocycles. The van der Waals surface area contributed by atoms with Gasteiger partial charge in [0.2, 0.25) is 0 Å². The van der Waals surface area contributed by atoms with Gasteiger partial charge in [0.15, 0.2) is 5.78 Å². The van der Waals surface area contributed by atoms with E-state index in [0.717, 1.165) is 5.56 Å². The number of hydrogen-bond acceptors (Lipinski definition) is 3. The number of hydrogen-bond donors (Lipinski definition) is 0. The Morgan fingerprint density at radius 1 is 1.24 bits per heavy atom. The molecule has 0 aliphatic rings. The van der Waals surface area contributed by atoms with Crippen LogP contribution < -0.4 is 0 Å². The average Bonchev–Trinajstić information content (AvgIpc) is 2.34. The third-order valence-electron chi connectivity index (χ3n) is 2.23. The maximum atomic E-state index is 11.9. The number of Topliss-reactive ketones (excluding diaryl/α,β-unsaturated/α-hetero) is 1. The Kier molecular flexibility index (Phi) is 3.71. The molecule has 2 rings (SSSR count). The zero-order chi connectivity index (χ0) is 12.3. The SMILES string of the molecule is O=C(Cc1ccc(Cl)cc1Cl)c1ccncn1. The molecule has 2 aromatic rings. The van der Waals surface area contributed by atoms with Crippen molar-refractivity contribution in [1.82, 2.24) is 9.97 Å². The summed E-state index contributed by atoms with van der Waals surface area (Å²) in [4.78, 5) is 19.5. The van der Waals surface area contributed by atoms with Crippen molar-refractivity contribution >= 4 is 29.0 Å². The molecule has 0 atom stereocenters. The van der Waals surface area contributed by atoms with E-state index in [1.165, 1.54) is 12.5 Å². The van der Waals surface area contributed by atoms with Gasteiger partial charge in [-0.15, -0.1) is 0 Å². The van der Waals surface area contributed by atoms with Crippen LogP contribution in [0.4, 0.5) is 0 Å². The zero-order valence-electron chi connectivity index (χ0n) is 8.73. The molecule has 0 fully saturated rings. The minimum Gasteiger partial charge on any atom is -0.292 e. The molecule has 0 aliphatic carbocycles. The number of halogens is 2. The van der Waals surface area contributed by atoms with Gasteiger partial charge in [0.25, 0.3) is 0 Å². The van der Waals surface area contributed by atoms with Gasteiger partial charge < -0.3 is 0 Å². The van der Waals surface area contributed by atoms with E-state index in [2.05, 4.69) is 9.97 Å². The lowest BCUT2D eigenvalue weighted by atomic mass is 10.1. The number of carbonyl (C=O) groups excluding carboxylic acids is 1. The smallest absolute Gasteiger partial charge is 0.185 e. The molecule has 0 saturated carbocycles. The fourth-order valence-corrected chi connectivity index (χ4v) is 1.86. The largest absolute Gasteiger partial charge is 0.292 e. The van der Waals surface area contributed by atoms with E-state index in [9.17, 15) is 4.79 Å². The van der Waals surface area contributed by atoms with Crippen LogP contribution in [-0.2, 0) is 6.42 Å². The van der Waals surface area contributed by atoms with Gasteiger partial charge in [-0.1, -0.05) is 29.3 Å². The second-order valence-corrected chi connectivity index (χ2v) is 4.27. The molecular formula is C12H8Cl2N2O. The van der Waals surface area contributed by atoms with E-state index in [0.29, 0.717) is 15.7 Å². The monoisotopic (exact) mass is 266 g/mol. The maximum Gasteiger partial charge on any atom is 0.185 e. The maximum absolute atomic E-state index is 11.9. The van der Waals surface area contributed by atoms with Crippen molar-refractivity contribution in [3.63, 3.8) is 0 Å². The Morgan fingerprint density at radius 2 is 2.06 bits per heavy atom. The Bertz CT molecular complexity index is 543. The molecule has 1 aromatic carbocycles. The van der Waals surface area contributed by atoms with Crippen LogP contribution in [0.25, 0.3) is 0 Å². The van der Waals surface area contributed by atoms with Crippen LogP contribution in [-0.4, -0.2) is 15.8 Å². The molecule has 0 N–H and O–H groups in total. The van der Waals surface area contributed by atoms with Crippen LogP contribution in [0.3, 0.4) is 0 Å². The zero-order valence-corrected chi connectivity index (χ0v) is 10.2. The van der Waals surface area contributed by atoms with Crippen molar-refractivity contribution in [2.75, 3.05) is 0 Å². The molecule has 0 spiro atoms. The van der Waals surface area contributed by atoms with Crippen molar-refractivity contribution in [2.24, 2.45) is 0 Å². The summed E-state index contributed by atoms with van der Waals surface area (Å²) in [5, 5.41) is 1.04. The fourth-order valence-electron chi connectivity index (χ4n) is 1.38. The molecule has 0 aliphatic heterocycles.